The lowest BCUT2D eigenvalue weighted by molar-refractivity contribution is -0.155. The zero-order valence-electron chi connectivity index (χ0n) is 19.2. The van der Waals surface area contributed by atoms with Crippen LogP contribution in [-0.4, -0.2) is 105 Å². The van der Waals surface area contributed by atoms with Gasteiger partial charge in [-0.25, -0.2) is 0 Å². The van der Waals surface area contributed by atoms with Crippen molar-refractivity contribution in [3.63, 3.8) is 0 Å². The van der Waals surface area contributed by atoms with Gasteiger partial charge in [-0.1, -0.05) is 22.9 Å². The van der Waals surface area contributed by atoms with Crippen molar-refractivity contribution in [1.29, 1.82) is 0 Å². The maximum absolute atomic E-state index is 13.3. The van der Waals surface area contributed by atoms with E-state index in [9.17, 15) is 9.59 Å². The molecule has 2 aliphatic heterocycles. The molecule has 0 aromatic carbocycles. The predicted molar refractivity (Wildman–Crippen MR) is 127 cm³/mol. The van der Waals surface area contributed by atoms with Gasteiger partial charge in [-0.15, -0.1) is 0 Å². The zero-order valence-corrected chi connectivity index (χ0v) is 20.8. The van der Waals surface area contributed by atoms with Crippen LogP contribution < -0.4 is 4.74 Å². The molecule has 1 aliphatic carbocycles. The summed E-state index contributed by atoms with van der Waals surface area (Å²) < 4.78 is 17.0. The van der Waals surface area contributed by atoms with Crippen LogP contribution in [0.1, 0.15) is 25.7 Å². The first kappa shape index (κ1) is 24.7. The number of hydrogen-bond acceptors (Lipinski definition) is 7. The molecule has 8 nitrogen and oxygen atoms in total. The first-order valence-electron chi connectivity index (χ1n) is 11.8. The molecule has 0 radical (unpaired) electrons. The number of carbonyl (C=O) groups is 2. The van der Waals surface area contributed by atoms with Crippen molar-refractivity contribution in [3.05, 3.63) is 16.5 Å². The first-order valence-corrected chi connectivity index (χ1v) is 13.0. The van der Waals surface area contributed by atoms with Crippen molar-refractivity contribution in [2.24, 2.45) is 5.92 Å². The molecule has 10 heteroatoms. The molecular formula is C23H34ClN3O5S. The number of morpholine rings is 1. The van der Waals surface area contributed by atoms with E-state index in [-0.39, 0.29) is 25.0 Å². The van der Waals surface area contributed by atoms with Gasteiger partial charge >= 0.3 is 0 Å². The van der Waals surface area contributed by atoms with E-state index in [0.29, 0.717) is 34.4 Å². The summed E-state index contributed by atoms with van der Waals surface area (Å²) in [5.41, 5.74) is 0. The Morgan fingerprint density at radius 1 is 1.15 bits per heavy atom. The topological polar surface area (TPSA) is 71.6 Å². The average Bonchev–Trinajstić information content (AvgIpc) is 3.26. The highest BCUT2D eigenvalue weighted by molar-refractivity contribution is 7.17. The maximum atomic E-state index is 13.3. The molecular weight excluding hydrogens is 466 g/mol. The number of hydrogen-bond donors (Lipinski definition) is 0. The zero-order chi connectivity index (χ0) is 23.2. The van der Waals surface area contributed by atoms with Crippen molar-refractivity contribution in [1.82, 2.24) is 14.7 Å². The Hall–Kier alpha value is -1.39. The lowest BCUT2D eigenvalue weighted by atomic mass is 9.84. The van der Waals surface area contributed by atoms with Gasteiger partial charge in [0.25, 0.3) is 5.91 Å². The molecule has 0 bridgehead atoms. The van der Waals surface area contributed by atoms with Crippen molar-refractivity contribution < 1.29 is 23.8 Å². The van der Waals surface area contributed by atoms with Crippen molar-refractivity contribution in [3.8, 4) is 5.06 Å². The monoisotopic (exact) mass is 499 g/mol. The van der Waals surface area contributed by atoms with E-state index in [4.69, 9.17) is 25.8 Å². The summed E-state index contributed by atoms with van der Waals surface area (Å²) in [7, 11) is 1.56. The standard InChI is InChI=1S/C23H34ClN3O5S/c1-30-15-19-23(29)26(8-9-27(19)21(28)16-32-22-7-6-20(24)33-22)14-17-2-4-18(5-3-17)25-10-12-31-13-11-25/h6-7,17-19H,2-5,8-16H2,1H3/t17-,18-,19-/m0/s1. The highest BCUT2D eigenvalue weighted by Crippen LogP contribution is 2.30. The van der Waals surface area contributed by atoms with Crippen LogP contribution in [-0.2, 0) is 19.1 Å². The fraction of sp³-hybridized carbons (Fsp3) is 0.739. The van der Waals surface area contributed by atoms with Gasteiger partial charge in [0.05, 0.1) is 24.2 Å². The van der Waals surface area contributed by atoms with Crippen LogP contribution in [0, 0.1) is 5.92 Å². The molecule has 0 spiro atoms. The Morgan fingerprint density at radius 2 is 1.91 bits per heavy atom. The molecule has 1 atom stereocenters. The number of ether oxygens (including phenoxy) is 3. The third kappa shape index (κ3) is 6.39. The Bertz CT molecular complexity index is 795. The Balaban J connectivity index is 1.27. The largest absolute Gasteiger partial charge is 0.474 e. The minimum absolute atomic E-state index is 0.0223. The summed E-state index contributed by atoms with van der Waals surface area (Å²) in [6, 6.07) is 3.52. The molecule has 1 saturated carbocycles. The lowest BCUT2D eigenvalue weighted by Crippen LogP contribution is -2.61. The predicted octanol–water partition coefficient (Wildman–Crippen LogP) is 2.36. The molecule has 4 rings (SSSR count). The summed E-state index contributed by atoms with van der Waals surface area (Å²) >= 11 is 7.20. The van der Waals surface area contributed by atoms with Gasteiger partial charge < -0.3 is 24.0 Å². The number of carbonyl (C=O) groups excluding carboxylic acids is 2. The number of amides is 2. The minimum Gasteiger partial charge on any atom is -0.474 e. The second-order valence-corrected chi connectivity index (χ2v) is 10.7. The minimum atomic E-state index is -0.600. The number of thiophene rings is 1. The van der Waals surface area contributed by atoms with E-state index in [1.807, 2.05) is 4.90 Å². The fourth-order valence-electron chi connectivity index (χ4n) is 5.18. The normalized spacial score (nSPS) is 27.1. The Kier molecular flexibility index (Phi) is 8.87. The molecule has 0 N–H and O–H groups in total. The fourth-order valence-corrected chi connectivity index (χ4v) is 6.05. The summed E-state index contributed by atoms with van der Waals surface area (Å²) in [6.07, 6.45) is 4.65. The van der Waals surface area contributed by atoms with Crippen molar-refractivity contribution >= 4 is 34.8 Å². The summed E-state index contributed by atoms with van der Waals surface area (Å²) in [6.45, 7) is 5.63. The van der Waals surface area contributed by atoms with Crippen LogP contribution in [0.25, 0.3) is 0 Å². The van der Waals surface area contributed by atoms with E-state index < -0.39 is 6.04 Å². The molecule has 1 aromatic heterocycles. The quantitative estimate of drug-likeness (QED) is 0.547. The number of halogens is 1. The second-order valence-electron chi connectivity index (χ2n) is 9.01. The Morgan fingerprint density at radius 3 is 2.58 bits per heavy atom. The van der Waals surface area contributed by atoms with E-state index >= 15 is 0 Å². The van der Waals surface area contributed by atoms with Gasteiger partial charge in [0.15, 0.2) is 11.7 Å². The van der Waals surface area contributed by atoms with E-state index in [1.165, 1.54) is 24.2 Å². The number of nitrogens with zero attached hydrogens (tertiary/aromatic N) is 3. The molecule has 1 aromatic rings. The molecule has 33 heavy (non-hydrogen) atoms. The molecule has 184 valence electrons. The average molecular weight is 500 g/mol. The maximum Gasteiger partial charge on any atom is 0.261 e. The third-order valence-corrected chi connectivity index (χ3v) is 8.12. The number of rotatable bonds is 8. The summed E-state index contributed by atoms with van der Waals surface area (Å²) in [5, 5.41) is 0.592. The van der Waals surface area contributed by atoms with Crippen molar-refractivity contribution in [2.75, 3.05) is 66.3 Å². The van der Waals surface area contributed by atoms with Gasteiger partial charge in [-0.2, -0.15) is 0 Å². The second kappa shape index (κ2) is 11.8. The molecule has 2 saturated heterocycles. The van der Waals surface area contributed by atoms with Crippen LogP contribution in [0.3, 0.4) is 0 Å². The van der Waals surface area contributed by atoms with Gasteiger partial charge in [0.1, 0.15) is 6.04 Å². The number of methoxy groups -OCH3 is 1. The summed E-state index contributed by atoms with van der Waals surface area (Å²) in [4.78, 5) is 32.2. The molecule has 0 unspecified atom stereocenters. The van der Waals surface area contributed by atoms with Crippen LogP contribution in [0.2, 0.25) is 4.34 Å². The first-order chi connectivity index (χ1) is 16.0. The van der Waals surface area contributed by atoms with Crippen LogP contribution in [0.5, 0.6) is 5.06 Å². The van der Waals surface area contributed by atoms with Crippen molar-refractivity contribution in [2.45, 2.75) is 37.8 Å². The molecule has 3 aliphatic rings. The summed E-state index contributed by atoms with van der Waals surface area (Å²) in [5.74, 6) is 0.287. The van der Waals surface area contributed by atoms with E-state index in [2.05, 4.69) is 4.90 Å². The van der Waals surface area contributed by atoms with E-state index in [0.717, 1.165) is 45.7 Å². The smallest absolute Gasteiger partial charge is 0.261 e. The third-order valence-electron chi connectivity index (χ3n) is 6.97. The van der Waals surface area contributed by atoms with Gasteiger partial charge in [-0.05, 0) is 43.7 Å². The highest BCUT2D eigenvalue weighted by atomic mass is 35.5. The number of piperazine rings is 1. The van der Waals surface area contributed by atoms with Gasteiger partial charge in [0.2, 0.25) is 5.91 Å². The highest BCUT2D eigenvalue weighted by Gasteiger charge is 2.39. The van der Waals surface area contributed by atoms with Gasteiger partial charge in [0, 0.05) is 45.9 Å². The molecule has 2 amide bonds. The molecule has 3 heterocycles. The van der Waals surface area contributed by atoms with Crippen LogP contribution in [0.4, 0.5) is 0 Å². The molecule has 3 fully saturated rings. The van der Waals surface area contributed by atoms with Gasteiger partial charge in [-0.3, -0.25) is 14.5 Å². The van der Waals surface area contributed by atoms with Crippen LogP contribution >= 0.6 is 22.9 Å². The Labute approximate surface area is 204 Å². The lowest BCUT2D eigenvalue weighted by Gasteiger charge is -2.43. The SMILES string of the molecule is COC[C@H]1C(=O)N(C[C@H]2CC[C@H](N3CCOCC3)CC2)CCN1C(=O)COc1ccc(Cl)s1. The van der Waals surface area contributed by atoms with Crippen LogP contribution in [0.15, 0.2) is 12.1 Å². The van der Waals surface area contributed by atoms with E-state index in [1.54, 1.807) is 24.1 Å².